The zero-order valence-corrected chi connectivity index (χ0v) is 10.1. The van der Waals surface area contributed by atoms with Gasteiger partial charge in [0.2, 0.25) is 0 Å². The molecule has 0 heterocycles. The number of rotatable bonds is 10. The predicted octanol–water partition coefficient (Wildman–Crippen LogP) is 3.69. The number of allylic oxidation sites excluding steroid dienone is 2. The molecule has 0 aromatic heterocycles. The Morgan fingerprint density at radius 2 is 1.20 bits per heavy atom. The molecule has 0 aromatic carbocycles. The van der Waals surface area contributed by atoms with E-state index < -0.39 is 0 Å². The second-order valence-electron chi connectivity index (χ2n) is 3.27. The summed E-state index contributed by atoms with van der Waals surface area (Å²) in [5.74, 6) is 0. The summed E-state index contributed by atoms with van der Waals surface area (Å²) in [5, 5.41) is 0. The highest BCUT2D eigenvalue weighted by molar-refractivity contribution is 4.80. The molecule has 0 N–H and O–H groups in total. The topological polar surface area (TPSA) is 18.5 Å². The predicted molar refractivity (Wildman–Crippen MR) is 64.9 cm³/mol. The van der Waals surface area contributed by atoms with Gasteiger partial charge >= 0.3 is 0 Å². The first-order valence-corrected chi connectivity index (χ1v) is 5.87. The van der Waals surface area contributed by atoms with Crippen molar-refractivity contribution in [2.75, 3.05) is 20.0 Å². The van der Waals surface area contributed by atoms with Crippen molar-refractivity contribution in [3.63, 3.8) is 0 Å². The molecule has 0 rings (SSSR count). The van der Waals surface area contributed by atoms with Gasteiger partial charge in [-0.3, -0.25) is 0 Å². The summed E-state index contributed by atoms with van der Waals surface area (Å²) in [6.07, 6.45) is 12.7. The van der Waals surface area contributed by atoms with Crippen LogP contribution in [-0.4, -0.2) is 20.0 Å². The fourth-order valence-corrected chi connectivity index (χ4v) is 1.05. The zero-order valence-electron chi connectivity index (χ0n) is 10.1. The molecule has 0 radical (unpaired) electrons. The highest BCUT2D eigenvalue weighted by atomic mass is 16.7. The Labute approximate surface area is 94.0 Å². The third-order valence-electron chi connectivity index (χ3n) is 1.83. The fourth-order valence-electron chi connectivity index (χ4n) is 1.05. The zero-order chi connectivity index (χ0) is 11.2. The summed E-state index contributed by atoms with van der Waals surface area (Å²) >= 11 is 0. The molecule has 0 atom stereocenters. The van der Waals surface area contributed by atoms with E-state index in [-0.39, 0.29) is 0 Å². The molecule has 0 amide bonds. The minimum atomic E-state index is 0.417. The molecule has 0 aliphatic heterocycles. The first-order valence-electron chi connectivity index (χ1n) is 5.87. The normalized spacial score (nSPS) is 11.9. The van der Waals surface area contributed by atoms with Crippen LogP contribution < -0.4 is 0 Å². The van der Waals surface area contributed by atoms with Crippen LogP contribution in [0.4, 0.5) is 0 Å². The molecule has 0 unspecified atom stereocenters. The van der Waals surface area contributed by atoms with Crippen molar-refractivity contribution in [2.24, 2.45) is 0 Å². The van der Waals surface area contributed by atoms with Crippen molar-refractivity contribution in [1.29, 1.82) is 0 Å². The summed E-state index contributed by atoms with van der Waals surface area (Å²) in [6.45, 7) is 6.18. The van der Waals surface area contributed by atoms with Gasteiger partial charge in [0.15, 0.2) is 0 Å². The summed E-state index contributed by atoms with van der Waals surface area (Å²) < 4.78 is 10.6. The second kappa shape index (κ2) is 13.4. The lowest BCUT2D eigenvalue weighted by Gasteiger charge is -2.02. The maximum Gasteiger partial charge on any atom is 0.146 e. The van der Waals surface area contributed by atoms with Crippen molar-refractivity contribution in [3.05, 3.63) is 24.3 Å². The van der Waals surface area contributed by atoms with Crippen LogP contribution in [0.2, 0.25) is 0 Å². The van der Waals surface area contributed by atoms with E-state index in [0.717, 1.165) is 38.9 Å². The molecular weight excluding hydrogens is 188 g/mol. The Balaban J connectivity index is 2.98. The summed E-state index contributed by atoms with van der Waals surface area (Å²) in [4.78, 5) is 0. The van der Waals surface area contributed by atoms with E-state index >= 15 is 0 Å². The molecule has 0 saturated carbocycles. The highest BCUT2D eigenvalue weighted by Gasteiger charge is 1.86. The maximum absolute atomic E-state index is 5.29. The molecule has 0 bridgehead atoms. The Bertz CT molecular complexity index is 144. The van der Waals surface area contributed by atoms with Crippen molar-refractivity contribution in [3.8, 4) is 0 Å². The first-order chi connectivity index (χ1) is 7.41. The van der Waals surface area contributed by atoms with Crippen LogP contribution in [0.5, 0.6) is 0 Å². The van der Waals surface area contributed by atoms with Crippen molar-refractivity contribution in [2.45, 2.75) is 39.5 Å². The quantitative estimate of drug-likeness (QED) is 0.312. The van der Waals surface area contributed by atoms with Gasteiger partial charge in [0, 0.05) is 0 Å². The maximum atomic E-state index is 5.29. The Kier molecular flexibility index (Phi) is 12.9. The van der Waals surface area contributed by atoms with Gasteiger partial charge in [-0.2, -0.15) is 0 Å². The van der Waals surface area contributed by atoms with Gasteiger partial charge in [-0.25, -0.2) is 0 Å². The van der Waals surface area contributed by atoms with Crippen molar-refractivity contribution >= 4 is 0 Å². The lowest BCUT2D eigenvalue weighted by atomic mass is 10.3. The van der Waals surface area contributed by atoms with Gasteiger partial charge in [0.1, 0.15) is 6.79 Å². The number of hydrogen-bond acceptors (Lipinski definition) is 2. The molecule has 0 saturated heterocycles. The molecule has 88 valence electrons. The van der Waals surface area contributed by atoms with Crippen LogP contribution >= 0.6 is 0 Å². The second-order valence-corrected chi connectivity index (χ2v) is 3.27. The van der Waals surface area contributed by atoms with Gasteiger partial charge in [-0.1, -0.05) is 38.2 Å². The van der Waals surface area contributed by atoms with Gasteiger partial charge in [-0.05, 0) is 25.7 Å². The minimum absolute atomic E-state index is 0.417. The van der Waals surface area contributed by atoms with Crippen LogP contribution in [0.3, 0.4) is 0 Å². The van der Waals surface area contributed by atoms with E-state index in [0.29, 0.717) is 6.79 Å². The summed E-state index contributed by atoms with van der Waals surface area (Å²) in [5.41, 5.74) is 0. The van der Waals surface area contributed by atoms with Crippen LogP contribution in [-0.2, 0) is 9.47 Å². The average molecular weight is 212 g/mol. The Hall–Kier alpha value is -0.600. The van der Waals surface area contributed by atoms with Gasteiger partial charge < -0.3 is 9.47 Å². The van der Waals surface area contributed by atoms with Crippen molar-refractivity contribution < 1.29 is 9.47 Å². The van der Waals surface area contributed by atoms with Crippen LogP contribution in [0.25, 0.3) is 0 Å². The van der Waals surface area contributed by atoms with E-state index in [1.165, 1.54) is 0 Å². The molecule has 15 heavy (non-hydrogen) atoms. The molecule has 2 nitrogen and oxygen atoms in total. The van der Waals surface area contributed by atoms with Gasteiger partial charge in [0.25, 0.3) is 0 Å². The molecule has 2 heteroatoms. The fraction of sp³-hybridized carbons (Fsp3) is 0.692. The standard InChI is InChI=1S/C13H24O2/c1-3-5-7-9-11-14-13-15-12-10-8-6-4-2/h5-8H,3-4,9-13H2,1-2H3/b7-5-,8-6-. The lowest BCUT2D eigenvalue weighted by molar-refractivity contribution is -0.0506. The minimum Gasteiger partial charge on any atom is -0.355 e. The van der Waals surface area contributed by atoms with Gasteiger partial charge in [0.05, 0.1) is 13.2 Å². The van der Waals surface area contributed by atoms with Crippen LogP contribution in [0.15, 0.2) is 24.3 Å². The summed E-state index contributed by atoms with van der Waals surface area (Å²) in [7, 11) is 0. The van der Waals surface area contributed by atoms with E-state index in [9.17, 15) is 0 Å². The first kappa shape index (κ1) is 14.4. The third-order valence-corrected chi connectivity index (χ3v) is 1.83. The van der Waals surface area contributed by atoms with E-state index in [1.54, 1.807) is 0 Å². The SMILES string of the molecule is CC/C=C\CCOCOCC/C=C\CC. The number of ether oxygens (including phenoxy) is 2. The monoisotopic (exact) mass is 212 g/mol. The molecule has 0 fully saturated rings. The Morgan fingerprint density at radius 3 is 1.60 bits per heavy atom. The largest absolute Gasteiger partial charge is 0.355 e. The molecule has 0 aromatic rings. The van der Waals surface area contributed by atoms with E-state index in [4.69, 9.17) is 9.47 Å². The lowest BCUT2D eigenvalue weighted by Crippen LogP contribution is -2.01. The van der Waals surface area contributed by atoms with Gasteiger partial charge in [-0.15, -0.1) is 0 Å². The third kappa shape index (κ3) is 13.4. The summed E-state index contributed by atoms with van der Waals surface area (Å²) in [6, 6.07) is 0. The average Bonchev–Trinajstić information content (AvgIpc) is 2.26. The molecule has 0 aliphatic rings. The smallest absolute Gasteiger partial charge is 0.146 e. The molecular formula is C13H24O2. The van der Waals surface area contributed by atoms with E-state index in [2.05, 4.69) is 38.2 Å². The Morgan fingerprint density at radius 1 is 0.733 bits per heavy atom. The van der Waals surface area contributed by atoms with Crippen molar-refractivity contribution in [1.82, 2.24) is 0 Å². The molecule has 0 spiro atoms. The highest BCUT2D eigenvalue weighted by Crippen LogP contribution is 1.91. The van der Waals surface area contributed by atoms with E-state index in [1.807, 2.05) is 0 Å². The molecule has 0 aliphatic carbocycles. The number of hydrogen-bond donors (Lipinski definition) is 0. The van der Waals surface area contributed by atoms with Crippen LogP contribution in [0.1, 0.15) is 39.5 Å². The van der Waals surface area contributed by atoms with Crippen LogP contribution in [0, 0.1) is 0 Å².